The quantitative estimate of drug-likeness (QED) is 0.780. The average Bonchev–Trinajstić information content (AvgIpc) is 3.17. The van der Waals surface area contributed by atoms with Gasteiger partial charge in [-0.2, -0.15) is 0 Å². The van der Waals surface area contributed by atoms with Crippen molar-refractivity contribution >= 4 is 27.5 Å². The molecular weight excluding hydrogens is 350 g/mol. The summed E-state index contributed by atoms with van der Waals surface area (Å²) in [6.45, 7) is -24.1. The minimum atomic E-state index is -4.13. The van der Waals surface area contributed by atoms with Crippen LogP contribution >= 0.6 is 11.3 Å². The third kappa shape index (κ3) is 3.78. The Labute approximate surface area is 191 Å². The number of rotatable bonds is 6. The van der Waals surface area contributed by atoms with E-state index in [4.69, 9.17) is 32.9 Å². The second-order valence-electron chi connectivity index (χ2n) is 4.57. The van der Waals surface area contributed by atoms with E-state index in [0.29, 0.717) is 0 Å². The molecule has 2 aromatic rings. The fourth-order valence-electron chi connectivity index (χ4n) is 1.96. The number of hydrogen-bond acceptors (Lipinski definition) is 5. The van der Waals surface area contributed by atoms with Crippen LogP contribution in [0, 0.1) is 0 Å². The molecule has 3 rings (SSSR count). The fraction of sp³-hybridized carbons (Fsp3) is 0.579. The van der Waals surface area contributed by atoms with Gasteiger partial charge in [0.05, 0.1) is 9.50 Å². The van der Waals surface area contributed by atoms with Crippen molar-refractivity contribution in [2.75, 3.05) is 26.0 Å². The SMILES string of the molecule is [2H]c1sc2c(c1[2H])c(O)c(C(=O)N([2H])C([2H])([2H])CC([2H])([2H])N1C([2H])([2H])C([2H])([2H])C([2H])([2H])C([2H])([2H])C1([2H])[2H])c(=O)n2C([2H])(C([2H])([2H])[2H])C([2H])([2H])[2H]. The Morgan fingerprint density at radius 3 is 3.08 bits per heavy atom. The molecule has 6 nitrogen and oxygen atoms in total. The zero-order valence-corrected chi connectivity index (χ0v) is 13.5. The Morgan fingerprint density at radius 1 is 1.58 bits per heavy atom. The van der Waals surface area contributed by atoms with E-state index < -0.39 is 126 Å². The van der Waals surface area contributed by atoms with Gasteiger partial charge >= 0.3 is 0 Å². The summed E-state index contributed by atoms with van der Waals surface area (Å²) in [5, 5.41) is 8.16. The third-order valence-corrected chi connectivity index (χ3v) is 3.81. The lowest BCUT2D eigenvalue weighted by atomic mass is 10.1. The molecule has 0 radical (unpaired) electrons. The fourth-order valence-corrected chi connectivity index (χ4v) is 2.73. The number of piperidine rings is 1. The molecule has 1 saturated heterocycles. The van der Waals surface area contributed by atoms with Gasteiger partial charge in [0, 0.05) is 39.9 Å². The van der Waals surface area contributed by atoms with Crippen LogP contribution in [-0.4, -0.2) is 46.5 Å². The number of aromatic hydroxyl groups is 1. The minimum absolute atomic E-state index is 0.0520. The highest BCUT2D eigenvalue weighted by Gasteiger charge is 2.23. The Balaban J connectivity index is 2.30. The van der Waals surface area contributed by atoms with Crippen LogP contribution in [0.2, 0.25) is 1.41 Å². The van der Waals surface area contributed by atoms with Gasteiger partial charge in [-0.1, -0.05) is 6.37 Å². The Morgan fingerprint density at radius 2 is 2.35 bits per heavy atom. The van der Waals surface area contributed by atoms with E-state index in [2.05, 4.69) is 0 Å². The lowest BCUT2D eigenvalue weighted by Crippen LogP contribution is -2.36. The maximum atomic E-state index is 13.8. The smallest absolute Gasteiger partial charge is 0.268 e. The molecule has 3 heterocycles. The summed E-state index contributed by atoms with van der Waals surface area (Å²) in [7, 11) is 0. The van der Waals surface area contributed by atoms with Gasteiger partial charge in [-0.25, -0.2) is 0 Å². The van der Waals surface area contributed by atoms with Gasteiger partial charge in [0.2, 0.25) is 0 Å². The van der Waals surface area contributed by atoms with Crippen molar-refractivity contribution in [3.05, 3.63) is 27.3 Å². The molecule has 1 aliphatic heterocycles. The zero-order chi connectivity index (χ0) is 39.8. The van der Waals surface area contributed by atoms with Gasteiger partial charge in [-0.3, -0.25) is 14.2 Å². The molecule has 0 atom stereocenters. The van der Waals surface area contributed by atoms with Crippen LogP contribution in [0.4, 0.5) is 0 Å². The molecule has 0 aliphatic carbocycles. The molecule has 2 aromatic heterocycles. The van der Waals surface area contributed by atoms with Gasteiger partial charge in [-0.05, 0) is 63.8 Å². The Kier molecular flexibility index (Phi) is 1.63. The highest BCUT2D eigenvalue weighted by atomic mass is 32.1. The maximum absolute atomic E-state index is 13.8. The summed E-state index contributed by atoms with van der Waals surface area (Å²) in [5.41, 5.74) is -3.98. The van der Waals surface area contributed by atoms with Crippen LogP contribution in [0.5, 0.6) is 5.75 Å². The topological polar surface area (TPSA) is 74.6 Å². The first-order valence-electron chi connectivity index (χ1n) is 18.7. The summed E-state index contributed by atoms with van der Waals surface area (Å²) in [4.78, 5) is 25.6. The van der Waals surface area contributed by atoms with E-state index in [9.17, 15) is 14.7 Å². The highest BCUT2D eigenvalue weighted by Crippen LogP contribution is 2.31. The standard InChI is InChI=1S/C19H27N3O3S/c1-13(2)22-18(25)15(16(23)14-7-12-26-19(14)22)17(24)20-8-6-11-21-9-4-3-5-10-21/h7,12-13,23H,3-6,8-11H2,1-2H3,(H,20,24)/i1D3,2D3,3D2,4D2,5D2,7D,8D2,9D2,10D2,11D2,12D,13D/hD. The predicted octanol–water partition coefficient (Wildman–Crippen LogP) is 2.96. The van der Waals surface area contributed by atoms with Gasteiger partial charge in [0.25, 0.3) is 11.5 Å². The summed E-state index contributed by atoms with van der Waals surface area (Å²) in [5.74, 6) is -3.92. The first-order chi connectivity index (χ1) is 21.8. The largest absolute Gasteiger partial charge is 0.506 e. The highest BCUT2D eigenvalue weighted by molar-refractivity contribution is 7.16. The number of amides is 1. The van der Waals surface area contributed by atoms with Crippen molar-refractivity contribution in [1.29, 1.82) is 0 Å². The molecular formula is C19H27N3O3S. The van der Waals surface area contributed by atoms with Crippen molar-refractivity contribution in [2.45, 2.75) is 45.3 Å². The number of nitrogens with one attached hydrogen (secondary N) is 1. The number of pyridine rings is 1. The van der Waals surface area contributed by atoms with Gasteiger partial charge in [0.1, 0.15) is 16.1 Å². The van der Waals surface area contributed by atoms with Crippen LogP contribution in [0.25, 0.3) is 10.2 Å². The average molecular weight is 402 g/mol. The van der Waals surface area contributed by atoms with Crippen molar-refractivity contribution in [3.63, 3.8) is 0 Å². The summed E-state index contributed by atoms with van der Waals surface area (Å²) < 4.78 is 193. The van der Waals surface area contributed by atoms with Gasteiger partial charge < -0.3 is 15.3 Å². The number of hydrogen-bond donors (Lipinski definition) is 2. The summed E-state index contributed by atoms with van der Waals surface area (Å²) in [6, 6.07) is -5.04. The molecule has 26 heavy (non-hydrogen) atoms. The normalized spacial score (nSPS) is 41.4. The van der Waals surface area contributed by atoms with Crippen molar-refractivity contribution < 1.29 is 42.8 Å². The zero-order valence-electron chi connectivity index (χ0n) is 36.7. The molecule has 0 bridgehead atoms. The Bertz CT molecular complexity index is 1730. The van der Waals surface area contributed by atoms with Crippen LogP contribution in [-0.2, 0) is 0 Å². The van der Waals surface area contributed by atoms with E-state index in [1.165, 1.54) is 0 Å². The molecule has 0 saturated carbocycles. The molecule has 1 fully saturated rings. The number of fused-ring (bicyclic) bond motifs is 1. The monoisotopic (exact) mass is 401 g/mol. The summed E-state index contributed by atoms with van der Waals surface area (Å²) >= 11 is 0.0520. The molecule has 0 spiro atoms. The van der Waals surface area contributed by atoms with Crippen LogP contribution < -0.4 is 10.9 Å². The predicted molar refractivity (Wildman–Crippen MR) is 105 cm³/mol. The lowest BCUT2D eigenvalue weighted by molar-refractivity contribution is 0.0946. The van der Waals surface area contributed by atoms with E-state index in [-0.39, 0.29) is 15.9 Å². The molecule has 1 amide bonds. The van der Waals surface area contributed by atoms with E-state index in [1.54, 1.807) is 0 Å². The van der Waals surface area contributed by atoms with Crippen LogP contribution in [0.1, 0.15) is 87.1 Å². The second kappa shape index (κ2) is 8.22. The van der Waals surface area contributed by atoms with Crippen molar-refractivity contribution in [2.24, 2.45) is 0 Å². The molecule has 0 unspecified atom stereocenters. The first-order valence-corrected chi connectivity index (χ1v) is 7.60. The maximum Gasteiger partial charge on any atom is 0.268 e. The number of carbonyl (C=O) groups is 1. The van der Waals surface area contributed by atoms with E-state index in [0.717, 1.165) is 0 Å². The van der Waals surface area contributed by atoms with E-state index in [1.807, 2.05) is 0 Å². The molecule has 2 N–H and O–H groups in total. The van der Waals surface area contributed by atoms with Gasteiger partial charge in [-0.15, -0.1) is 11.3 Å². The molecule has 0 aromatic carbocycles. The third-order valence-electron chi connectivity index (χ3n) is 3.03. The molecule has 1 aliphatic rings. The number of likely N-dealkylation sites (tertiary alicyclic amines) is 1. The number of carbonyl (C=O) groups excluding carboxylic acids is 1. The molecule has 7 heteroatoms. The van der Waals surface area contributed by atoms with Crippen LogP contribution in [0.3, 0.4) is 0 Å². The number of thiophene rings is 1. The van der Waals surface area contributed by atoms with Gasteiger partial charge in [0.15, 0.2) is 1.41 Å². The van der Waals surface area contributed by atoms with Crippen molar-refractivity contribution in [1.82, 2.24) is 14.8 Å². The second-order valence-corrected chi connectivity index (χ2v) is 5.36. The minimum Gasteiger partial charge on any atom is -0.506 e. The Hall–Kier alpha value is -1.86. The summed E-state index contributed by atoms with van der Waals surface area (Å²) in [6.07, 6.45) is -14.2. The molecule has 142 valence electrons. The van der Waals surface area contributed by atoms with Crippen molar-refractivity contribution in [3.8, 4) is 5.75 Å². The number of aromatic nitrogens is 1. The van der Waals surface area contributed by atoms with Crippen LogP contribution in [0.15, 0.2) is 16.2 Å². The number of nitrogens with zero attached hydrogens (tertiary/aromatic N) is 2. The van der Waals surface area contributed by atoms with E-state index >= 15 is 0 Å². The lowest BCUT2D eigenvalue weighted by Gasteiger charge is -2.26. The first kappa shape index (κ1) is 5.14.